The Hall–Kier alpha value is -1.80. The molecule has 3 heteroatoms. The summed E-state index contributed by atoms with van der Waals surface area (Å²) in [5.74, 6) is 0.739. The summed E-state index contributed by atoms with van der Waals surface area (Å²) in [6, 6.07) is 16.2. The highest BCUT2D eigenvalue weighted by Crippen LogP contribution is 2.49. The summed E-state index contributed by atoms with van der Waals surface area (Å²) < 4.78 is 0. The van der Waals surface area contributed by atoms with Crippen molar-refractivity contribution >= 4 is 23.1 Å². The number of halogens is 1. The molecule has 0 aromatic heterocycles. The molecule has 1 aliphatic carbocycles. The minimum atomic E-state index is 0.119. The zero-order valence-electron chi connectivity index (χ0n) is 16.5. The van der Waals surface area contributed by atoms with Crippen LogP contribution in [0.15, 0.2) is 48.5 Å². The Morgan fingerprint density at radius 1 is 0.963 bits per heavy atom. The van der Waals surface area contributed by atoms with E-state index in [1.165, 1.54) is 36.9 Å². The number of benzene rings is 2. The zero-order valence-corrected chi connectivity index (χ0v) is 17.2. The third kappa shape index (κ3) is 5.13. The van der Waals surface area contributed by atoms with Crippen LogP contribution in [0, 0.1) is 5.92 Å². The molecular formula is C24H30ClNO. The Labute approximate surface area is 168 Å². The predicted octanol–water partition coefficient (Wildman–Crippen LogP) is 6.73. The van der Waals surface area contributed by atoms with Crippen molar-refractivity contribution in [3.8, 4) is 0 Å². The van der Waals surface area contributed by atoms with Crippen LogP contribution < -0.4 is 4.90 Å². The van der Waals surface area contributed by atoms with Crippen molar-refractivity contribution in [2.24, 2.45) is 5.92 Å². The van der Waals surface area contributed by atoms with E-state index < -0.39 is 0 Å². The van der Waals surface area contributed by atoms with E-state index >= 15 is 0 Å². The second kappa shape index (κ2) is 9.41. The van der Waals surface area contributed by atoms with Gasteiger partial charge in [0, 0.05) is 35.3 Å². The fraction of sp³-hybridized carbons (Fsp3) is 0.458. The topological polar surface area (TPSA) is 20.3 Å². The Morgan fingerprint density at radius 2 is 1.56 bits per heavy atom. The summed E-state index contributed by atoms with van der Waals surface area (Å²) >= 11 is 5.96. The van der Waals surface area contributed by atoms with Gasteiger partial charge in [-0.3, -0.25) is 4.79 Å². The van der Waals surface area contributed by atoms with Gasteiger partial charge in [-0.2, -0.15) is 0 Å². The van der Waals surface area contributed by atoms with Gasteiger partial charge in [-0.1, -0.05) is 50.4 Å². The van der Waals surface area contributed by atoms with Crippen molar-refractivity contribution in [3.05, 3.63) is 64.7 Å². The number of Topliss-reactive ketones (excluding diaryl/α,β-unsaturated/α-hetero) is 1. The van der Waals surface area contributed by atoms with Crippen molar-refractivity contribution in [1.29, 1.82) is 0 Å². The molecule has 0 aliphatic heterocycles. The van der Waals surface area contributed by atoms with Crippen molar-refractivity contribution in [3.63, 3.8) is 0 Å². The average molecular weight is 384 g/mol. The lowest BCUT2D eigenvalue weighted by Gasteiger charge is -2.24. The van der Waals surface area contributed by atoms with Crippen LogP contribution in [-0.2, 0) is 0 Å². The van der Waals surface area contributed by atoms with Crippen LogP contribution in [0.25, 0.3) is 0 Å². The summed E-state index contributed by atoms with van der Waals surface area (Å²) in [6.45, 7) is 6.63. The predicted molar refractivity (Wildman–Crippen MR) is 115 cm³/mol. The van der Waals surface area contributed by atoms with Crippen molar-refractivity contribution in [2.75, 3.05) is 18.0 Å². The molecule has 0 spiro atoms. The highest BCUT2D eigenvalue weighted by atomic mass is 35.5. The zero-order chi connectivity index (χ0) is 19.2. The van der Waals surface area contributed by atoms with Gasteiger partial charge >= 0.3 is 0 Å². The van der Waals surface area contributed by atoms with Gasteiger partial charge in [-0.15, -0.1) is 0 Å². The first-order chi connectivity index (χ1) is 13.1. The lowest BCUT2D eigenvalue weighted by Crippen LogP contribution is -2.25. The van der Waals surface area contributed by atoms with Crippen LogP contribution in [0.4, 0.5) is 5.69 Å². The normalized spacial score (nSPS) is 18.3. The Kier molecular flexibility index (Phi) is 6.95. The van der Waals surface area contributed by atoms with Crippen LogP contribution in [-0.4, -0.2) is 18.9 Å². The summed E-state index contributed by atoms with van der Waals surface area (Å²) in [5.41, 5.74) is 3.30. The number of carbonyl (C=O) groups is 1. The molecule has 2 unspecified atom stereocenters. The molecule has 0 bridgehead atoms. The summed E-state index contributed by atoms with van der Waals surface area (Å²) in [7, 11) is 0. The molecule has 0 radical (unpaired) electrons. The molecule has 0 heterocycles. The van der Waals surface area contributed by atoms with Gasteiger partial charge in [0.15, 0.2) is 5.78 Å². The maximum Gasteiger partial charge on any atom is 0.166 e. The van der Waals surface area contributed by atoms with Crippen LogP contribution in [0.3, 0.4) is 0 Å². The molecule has 0 amide bonds. The third-order valence-electron chi connectivity index (χ3n) is 5.51. The first-order valence-corrected chi connectivity index (χ1v) is 10.7. The number of anilines is 1. The number of ketones is 1. The largest absolute Gasteiger partial charge is 0.372 e. The van der Waals surface area contributed by atoms with Gasteiger partial charge in [0.1, 0.15) is 0 Å². The number of unbranched alkanes of at least 4 members (excludes halogenated alkanes) is 2. The van der Waals surface area contributed by atoms with Gasteiger partial charge < -0.3 is 4.90 Å². The van der Waals surface area contributed by atoms with Gasteiger partial charge in [-0.25, -0.2) is 0 Å². The Morgan fingerprint density at radius 3 is 2.11 bits per heavy atom. The molecule has 1 fully saturated rings. The molecule has 1 saturated carbocycles. The molecule has 0 N–H and O–H groups in total. The molecule has 3 rings (SSSR count). The average Bonchev–Trinajstić information content (AvgIpc) is 3.49. The second-order valence-corrected chi connectivity index (χ2v) is 8.04. The maximum absolute atomic E-state index is 12.8. The third-order valence-corrected chi connectivity index (χ3v) is 5.76. The van der Waals surface area contributed by atoms with Gasteiger partial charge in [0.2, 0.25) is 0 Å². The summed E-state index contributed by atoms with van der Waals surface area (Å²) in [4.78, 5) is 15.3. The van der Waals surface area contributed by atoms with Crippen LogP contribution in [0.2, 0.25) is 5.02 Å². The molecule has 2 atom stereocenters. The molecular weight excluding hydrogens is 354 g/mol. The minimum absolute atomic E-state index is 0.119. The monoisotopic (exact) mass is 383 g/mol. The van der Waals surface area contributed by atoms with Gasteiger partial charge in [-0.05, 0) is 67.1 Å². The summed E-state index contributed by atoms with van der Waals surface area (Å²) in [6.07, 6.45) is 5.76. The first kappa shape index (κ1) is 19.9. The number of carbonyl (C=O) groups excluding carboxylic acids is 1. The van der Waals surface area contributed by atoms with Gasteiger partial charge in [0.25, 0.3) is 0 Å². The molecule has 1 aliphatic rings. The molecule has 0 saturated heterocycles. The van der Waals surface area contributed by atoms with E-state index in [2.05, 4.69) is 30.9 Å². The SMILES string of the molecule is CCCCN(CCCC)c1ccc(C(=O)C2CC2c2ccc(Cl)cc2)cc1. The highest BCUT2D eigenvalue weighted by molar-refractivity contribution is 6.30. The minimum Gasteiger partial charge on any atom is -0.372 e. The fourth-order valence-corrected chi connectivity index (χ4v) is 3.81. The van der Waals surface area contributed by atoms with Crippen molar-refractivity contribution < 1.29 is 4.79 Å². The molecule has 2 aromatic carbocycles. The number of nitrogens with zero attached hydrogens (tertiary/aromatic N) is 1. The molecule has 27 heavy (non-hydrogen) atoms. The van der Waals surface area contributed by atoms with E-state index in [9.17, 15) is 4.79 Å². The Balaban J connectivity index is 1.64. The lowest BCUT2D eigenvalue weighted by atomic mass is 10.0. The molecule has 2 nitrogen and oxygen atoms in total. The quantitative estimate of drug-likeness (QED) is 0.424. The second-order valence-electron chi connectivity index (χ2n) is 7.61. The van der Waals surface area contributed by atoms with E-state index in [4.69, 9.17) is 11.6 Å². The van der Waals surface area contributed by atoms with Crippen molar-refractivity contribution in [1.82, 2.24) is 0 Å². The maximum atomic E-state index is 12.8. The van der Waals surface area contributed by atoms with E-state index in [1.54, 1.807) is 0 Å². The number of hydrogen-bond acceptors (Lipinski definition) is 2. The molecule has 2 aromatic rings. The first-order valence-electron chi connectivity index (χ1n) is 10.3. The van der Waals surface area contributed by atoms with Crippen LogP contribution in [0.1, 0.15) is 67.8 Å². The van der Waals surface area contributed by atoms with Crippen LogP contribution >= 0.6 is 11.6 Å². The summed E-state index contributed by atoms with van der Waals surface area (Å²) in [5, 5.41) is 0.744. The van der Waals surface area contributed by atoms with E-state index in [0.717, 1.165) is 30.1 Å². The number of rotatable bonds is 10. The molecule has 144 valence electrons. The van der Waals surface area contributed by atoms with E-state index in [0.29, 0.717) is 5.92 Å². The highest BCUT2D eigenvalue weighted by Gasteiger charge is 2.43. The smallest absolute Gasteiger partial charge is 0.166 e. The van der Waals surface area contributed by atoms with E-state index in [-0.39, 0.29) is 11.7 Å². The van der Waals surface area contributed by atoms with Gasteiger partial charge in [0.05, 0.1) is 0 Å². The fourth-order valence-electron chi connectivity index (χ4n) is 3.68. The van der Waals surface area contributed by atoms with E-state index in [1.807, 2.05) is 36.4 Å². The Bertz CT molecular complexity index is 730. The standard InChI is InChI=1S/C24H30ClNO/c1-3-5-15-26(16-6-4-2)21-13-9-19(10-14-21)24(27)23-17-22(23)18-7-11-20(25)12-8-18/h7-14,22-23H,3-6,15-17H2,1-2H3. The number of hydrogen-bond donors (Lipinski definition) is 0. The van der Waals surface area contributed by atoms with Crippen molar-refractivity contribution in [2.45, 2.75) is 51.9 Å². The van der Waals surface area contributed by atoms with Crippen LogP contribution in [0.5, 0.6) is 0 Å². The lowest BCUT2D eigenvalue weighted by molar-refractivity contribution is 0.0965.